The van der Waals surface area contributed by atoms with E-state index in [2.05, 4.69) is 28.7 Å². The van der Waals surface area contributed by atoms with E-state index >= 15 is 0 Å². The number of carbonyl (C=O) groups is 1. The van der Waals surface area contributed by atoms with E-state index in [0.717, 1.165) is 11.1 Å². The molecule has 4 rings (SSSR count). The van der Waals surface area contributed by atoms with Gasteiger partial charge in [-0.15, -0.1) is 0 Å². The predicted octanol–water partition coefficient (Wildman–Crippen LogP) is 2.71. The second kappa shape index (κ2) is 7.11. The first-order chi connectivity index (χ1) is 12.9. The molecule has 0 bridgehead atoms. The molecule has 0 spiro atoms. The Kier molecular flexibility index (Phi) is 4.94. The topological polar surface area (TPSA) is 81.0 Å². The number of ether oxygens (including phenoxy) is 4. The van der Waals surface area contributed by atoms with Gasteiger partial charge in [0.25, 0.3) is 5.91 Å². The molecular formula is C19H21IN2O5. The number of rotatable bonds is 2. The number of alkyl halides is 1. The number of hydrogen-bond donors (Lipinski definition) is 0. The van der Waals surface area contributed by atoms with Gasteiger partial charge >= 0.3 is 0 Å². The largest absolute Gasteiger partial charge is 0.454 e. The van der Waals surface area contributed by atoms with Crippen molar-refractivity contribution in [2.24, 2.45) is 0 Å². The minimum atomic E-state index is -0.777. The lowest BCUT2D eigenvalue weighted by atomic mass is 9.93. The first-order valence-electron chi connectivity index (χ1n) is 8.94. The van der Waals surface area contributed by atoms with Gasteiger partial charge in [0, 0.05) is 17.5 Å². The third kappa shape index (κ3) is 3.48. The Balaban J connectivity index is 1.62. The van der Waals surface area contributed by atoms with Crippen LogP contribution >= 0.6 is 22.6 Å². The van der Waals surface area contributed by atoms with Gasteiger partial charge in [-0.05, 0) is 43.5 Å². The van der Waals surface area contributed by atoms with Crippen molar-refractivity contribution in [3.63, 3.8) is 0 Å². The number of halogens is 1. The quantitative estimate of drug-likeness (QED) is 0.475. The summed E-state index contributed by atoms with van der Waals surface area (Å²) in [5, 5.41) is 9.63. The van der Waals surface area contributed by atoms with Crippen LogP contribution in [0.25, 0.3) is 0 Å². The van der Waals surface area contributed by atoms with E-state index in [1.54, 1.807) is 4.90 Å². The smallest absolute Gasteiger partial charge is 0.254 e. The molecule has 0 radical (unpaired) electrons. The van der Waals surface area contributed by atoms with Crippen molar-refractivity contribution in [2.75, 3.05) is 17.8 Å². The standard InChI is InChI=1S/C19H21IN2O5/c1-19(2)26-16(7-20)17(27-19)18(23)22-4-3-11(8-21)13-6-15-14(24-10-25-15)5-12(13)9-22/h5-6,11,16-17H,3-4,7,9-10H2,1-2H3/t11?,16-,17+/m1/s1. The SMILES string of the molecule is CC1(C)O[C@H](C(=O)N2CCC(C#N)c3cc4c(cc3C2)OCO4)[C@@H](CI)O1. The van der Waals surface area contributed by atoms with Crippen LogP contribution in [0.4, 0.5) is 0 Å². The fourth-order valence-electron chi connectivity index (χ4n) is 3.85. The van der Waals surface area contributed by atoms with Crippen LogP contribution in [0.15, 0.2) is 12.1 Å². The highest BCUT2D eigenvalue weighted by Gasteiger charge is 2.46. The van der Waals surface area contributed by atoms with Gasteiger partial charge in [-0.3, -0.25) is 4.79 Å². The predicted molar refractivity (Wildman–Crippen MR) is 104 cm³/mol. The van der Waals surface area contributed by atoms with Crippen LogP contribution in [0.1, 0.15) is 37.3 Å². The summed E-state index contributed by atoms with van der Waals surface area (Å²) in [6.45, 7) is 4.73. The lowest BCUT2D eigenvalue weighted by Gasteiger charge is -2.25. The molecular weight excluding hydrogens is 463 g/mol. The summed E-state index contributed by atoms with van der Waals surface area (Å²) >= 11 is 2.21. The molecule has 8 heteroatoms. The van der Waals surface area contributed by atoms with E-state index in [0.29, 0.717) is 35.4 Å². The lowest BCUT2D eigenvalue weighted by Crippen LogP contribution is -2.44. The van der Waals surface area contributed by atoms with E-state index in [-0.39, 0.29) is 24.7 Å². The molecule has 7 nitrogen and oxygen atoms in total. The van der Waals surface area contributed by atoms with Gasteiger partial charge in [-0.2, -0.15) is 5.26 Å². The number of nitrogens with zero attached hydrogens (tertiary/aromatic N) is 2. The van der Waals surface area contributed by atoms with E-state index in [4.69, 9.17) is 18.9 Å². The number of benzene rings is 1. The van der Waals surface area contributed by atoms with E-state index < -0.39 is 11.9 Å². The summed E-state index contributed by atoms with van der Waals surface area (Å²) < 4.78 is 23.4. The summed E-state index contributed by atoms with van der Waals surface area (Å²) in [4.78, 5) is 15.0. The number of hydrogen-bond acceptors (Lipinski definition) is 6. The fraction of sp³-hybridized carbons (Fsp3) is 0.579. The molecule has 144 valence electrons. The maximum Gasteiger partial charge on any atom is 0.254 e. The molecule has 1 saturated heterocycles. The first-order valence-corrected chi connectivity index (χ1v) is 10.5. The van der Waals surface area contributed by atoms with Crippen LogP contribution in [0, 0.1) is 11.3 Å². The molecule has 0 saturated carbocycles. The van der Waals surface area contributed by atoms with Crippen molar-refractivity contribution in [3.8, 4) is 17.6 Å². The molecule has 0 aromatic heterocycles. The summed E-state index contributed by atoms with van der Waals surface area (Å²) in [7, 11) is 0. The van der Waals surface area contributed by atoms with Gasteiger partial charge in [0.1, 0.15) is 6.10 Å². The molecule has 1 unspecified atom stereocenters. The molecule has 0 N–H and O–H groups in total. The molecule has 1 amide bonds. The third-order valence-electron chi connectivity index (χ3n) is 5.11. The average molecular weight is 484 g/mol. The molecule has 1 fully saturated rings. The first kappa shape index (κ1) is 18.8. The van der Waals surface area contributed by atoms with Crippen molar-refractivity contribution in [3.05, 3.63) is 23.3 Å². The van der Waals surface area contributed by atoms with Crippen LogP contribution in [0.3, 0.4) is 0 Å². The van der Waals surface area contributed by atoms with Crippen LogP contribution < -0.4 is 9.47 Å². The van der Waals surface area contributed by atoms with Crippen LogP contribution in [0.5, 0.6) is 11.5 Å². The third-order valence-corrected chi connectivity index (χ3v) is 5.97. The fourth-order valence-corrected chi connectivity index (χ4v) is 4.49. The van der Waals surface area contributed by atoms with Crippen molar-refractivity contribution in [1.29, 1.82) is 5.26 Å². The van der Waals surface area contributed by atoms with Crippen molar-refractivity contribution in [2.45, 2.75) is 50.7 Å². The Morgan fingerprint density at radius 1 is 1.33 bits per heavy atom. The summed E-state index contributed by atoms with van der Waals surface area (Å²) in [5.74, 6) is 0.162. The van der Waals surface area contributed by atoms with Crippen LogP contribution in [0.2, 0.25) is 0 Å². The lowest BCUT2D eigenvalue weighted by molar-refractivity contribution is -0.161. The monoisotopic (exact) mass is 484 g/mol. The highest BCUT2D eigenvalue weighted by molar-refractivity contribution is 14.1. The zero-order valence-electron chi connectivity index (χ0n) is 15.2. The van der Waals surface area contributed by atoms with Crippen LogP contribution in [-0.4, -0.2) is 46.6 Å². The molecule has 3 atom stereocenters. The summed E-state index contributed by atoms with van der Waals surface area (Å²) in [5.41, 5.74) is 1.83. The van der Waals surface area contributed by atoms with E-state index in [1.807, 2.05) is 26.0 Å². The zero-order valence-corrected chi connectivity index (χ0v) is 17.4. The normalized spacial score (nSPS) is 28.4. The van der Waals surface area contributed by atoms with E-state index in [1.165, 1.54) is 0 Å². The van der Waals surface area contributed by atoms with Gasteiger partial charge in [-0.1, -0.05) is 22.6 Å². The van der Waals surface area contributed by atoms with Gasteiger partial charge in [-0.25, -0.2) is 0 Å². The zero-order chi connectivity index (χ0) is 19.2. The molecule has 1 aromatic rings. The van der Waals surface area contributed by atoms with Crippen molar-refractivity contribution in [1.82, 2.24) is 4.90 Å². The van der Waals surface area contributed by atoms with Gasteiger partial charge in [0.2, 0.25) is 6.79 Å². The van der Waals surface area contributed by atoms with Gasteiger partial charge in [0.05, 0.1) is 12.0 Å². The Labute approximate surface area is 171 Å². The molecule has 3 aliphatic heterocycles. The highest BCUT2D eigenvalue weighted by atomic mass is 127. The molecule has 1 aromatic carbocycles. The maximum atomic E-state index is 13.2. The minimum Gasteiger partial charge on any atom is -0.454 e. The van der Waals surface area contributed by atoms with Crippen molar-refractivity contribution >= 4 is 28.5 Å². The average Bonchev–Trinajstić information content (AvgIpc) is 3.17. The Bertz CT molecular complexity index is 806. The molecule has 3 heterocycles. The van der Waals surface area contributed by atoms with Crippen molar-refractivity contribution < 1.29 is 23.7 Å². The van der Waals surface area contributed by atoms with Crippen LogP contribution in [-0.2, 0) is 20.8 Å². The molecule has 3 aliphatic rings. The molecule has 0 aliphatic carbocycles. The number of fused-ring (bicyclic) bond motifs is 2. The Morgan fingerprint density at radius 2 is 2.07 bits per heavy atom. The van der Waals surface area contributed by atoms with Gasteiger partial charge < -0.3 is 23.8 Å². The summed E-state index contributed by atoms with van der Waals surface area (Å²) in [6, 6.07) is 6.13. The number of carbonyl (C=O) groups excluding carboxylic acids is 1. The maximum absolute atomic E-state index is 13.2. The second-order valence-corrected chi connectivity index (χ2v) is 8.26. The highest BCUT2D eigenvalue weighted by Crippen LogP contribution is 2.40. The number of amides is 1. The number of nitriles is 1. The minimum absolute atomic E-state index is 0.0931. The van der Waals surface area contributed by atoms with E-state index in [9.17, 15) is 10.1 Å². The van der Waals surface area contributed by atoms with Gasteiger partial charge in [0.15, 0.2) is 23.4 Å². The Hall–Kier alpha value is -1.57. The summed E-state index contributed by atoms with van der Waals surface area (Å²) in [6.07, 6.45) is -0.340. The second-order valence-electron chi connectivity index (χ2n) is 7.38. The molecule has 27 heavy (non-hydrogen) atoms. The Morgan fingerprint density at radius 3 is 2.78 bits per heavy atom.